The minimum Gasteiger partial charge on any atom is -0.329 e. The van der Waals surface area contributed by atoms with Gasteiger partial charge in [-0.1, -0.05) is 58.8 Å². The number of hydrogen-bond acceptors (Lipinski definition) is 1. The highest BCUT2D eigenvalue weighted by Crippen LogP contribution is 2.30. The van der Waals surface area contributed by atoms with E-state index in [0.717, 1.165) is 12.8 Å². The lowest BCUT2D eigenvalue weighted by Crippen LogP contribution is -2.29. The summed E-state index contributed by atoms with van der Waals surface area (Å²) in [6, 6.07) is 0. The first-order valence-electron chi connectivity index (χ1n) is 7.82. The number of halogens is 1. The van der Waals surface area contributed by atoms with E-state index in [1.165, 1.54) is 44.9 Å². The number of imidazole rings is 1. The quantitative estimate of drug-likeness (QED) is 0.527. The fraction of sp³-hybridized carbons (Fsp3) is 0.812. The van der Waals surface area contributed by atoms with E-state index in [4.69, 9.17) is 0 Å². The van der Waals surface area contributed by atoms with Crippen LogP contribution in [-0.2, 0) is 5.54 Å². The third-order valence-electron chi connectivity index (χ3n) is 4.06. The molecule has 0 radical (unpaired) electrons. The van der Waals surface area contributed by atoms with Gasteiger partial charge in [-0.3, -0.25) is 0 Å². The maximum Gasteiger partial charge on any atom is 0.230 e. The zero-order valence-corrected chi connectivity index (χ0v) is 12.8. The molecule has 0 aromatic carbocycles. The SMILES string of the molecule is CCCCCCCC(C)(CCCC)n1cnc(F)c1. The lowest BCUT2D eigenvalue weighted by molar-refractivity contribution is 0.252. The molecule has 1 aromatic heterocycles. The lowest BCUT2D eigenvalue weighted by Gasteiger charge is -2.31. The summed E-state index contributed by atoms with van der Waals surface area (Å²) in [6.45, 7) is 6.68. The zero-order chi connectivity index (χ0) is 14.1. The summed E-state index contributed by atoms with van der Waals surface area (Å²) in [5, 5.41) is 0. The molecule has 1 unspecified atom stereocenters. The van der Waals surface area contributed by atoms with Crippen LogP contribution in [-0.4, -0.2) is 9.55 Å². The molecule has 0 aliphatic carbocycles. The molecule has 0 saturated carbocycles. The zero-order valence-electron chi connectivity index (χ0n) is 12.8. The van der Waals surface area contributed by atoms with E-state index in [9.17, 15) is 4.39 Å². The molecule has 1 aromatic rings. The monoisotopic (exact) mass is 268 g/mol. The largest absolute Gasteiger partial charge is 0.329 e. The van der Waals surface area contributed by atoms with Gasteiger partial charge in [-0.05, 0) is 19.8 Å². The van der Waals surface area contributed by atoms with Crippen molar-refractivity contribution < 1.29 is 4.39 Å². The Hall–Kier alpha value is -0.860. The van der Waals surface area contributed by atoms with Crippen LogP contribution in [0.5, 0.6) is 0 Å². The predicted molar refractivity (Wildman–Crippen MR) is 78.7 cm³/mol. The van der Waals surface area contributed by atoms with Crippen LogP contribution >= 0.6 is 0 Å². The van der Waals surface area contributed by atoms with Crippen LogP contribution in [0.15, 0.2) is 12.5 Å². The predicted octanol–water partition coefficient (Wildman–Crippen LogP) is 5.29. The van der Waals surface area contributed by atoms with E-state index >= 15 is 0 Å². The lowest BCUT2D eigenvalue weighted by atomic mass is 9.88. The summed E-state index contributed by atoms with van der Waals surface area (Å²) >= 11 is 0. The molecule has 0 amide bonds. The van der Waals surface area contributed by atoms with Gasteiger partial charge < -0.3 is 4.57 Å². The van der Waals surface area contributed by atoms with Gasteiger partial charge in [-0.15, -0.1) is 0 Å². The first kappa shape index (κ1) is 16.2. The number of unbranched alkanes of at least 4 members (excludes halogenated alkanes) is 5. The molecular formula is C16H29FN2. The molecule has 0 N–H and O–H groups in total. The van der Waals surface area contributed by atoms with Crippen LogP contribution in [0.1, 0.15) is 78.6 Å². The van der Waals surface area contributed by atoms with Gasteiger partial charge in [0.25, 0.3) is 0 Å². The minimum absolute atomic E-state index is 0.0273. The van der Waals surface area contributed by atoms with Gasteiger partial charge in [0.1, 0.15) is 0 Å². The van der Waals surface area contributed by atoms with E-state index in [1.54, 1.807) is 12.5 Å². The summed E-state index contributed by atoms with van der Waals surface area (Å²) < 4.78 is 15.1. The van der Waals surface area contributed by atoms with Gasteiger partial charge in [0.05, 0.1) is 12.5 Å². The first-order chi connectivity index (χ1) is 9.12. The standard InChI is InChI=1S/C16H29FN2/c1-4-6-8-9-10-12-16(3,11-7-5-2)19-13-15(17)18-14-19/h13-14H,4-12H2,1-3H3. The highest BCUT2D eigenvalue weighted by atomic mass is 19.1. The minimum atomic E-state index is -0.367. The molecule has 0 aliphatic heterocycles. The van der Waals surface area contributed by atoms with Gasteiger partial charge in [0.2, 0.25) is 5.95 Å². The molecule has 0 spiro atoms. The fourth-order valence-electron chi connectivity index (χ4n) is 2.64. The highest BCUT2D eigenvalue weighted by molar-refractivity contribution is 4.90. The highest BCUT2D eigenvalue weighted by Gasteiger charge is 2.25. The van der Waals surface area contributed by atoms with Crippen molar-refractivity contribution >= 4 is 0 Å². The Bertz CT molecular complexity index is 348. The van der Waals surface area contributed by atoms with E-state index in [1.807, 2.05) is 4.57 Å². The van der Waals surface area contributed by atoms with Crippen molar-refractivity contribution in [1.29, 1.82) is 0 Å². The van der Waals surface area contributed by atoms with Crippen LogP contribution in [0.3, 0.4) is 0 Å². The van der Waals surface area contributed by atoms with E-state index < -0.39 is 0 Å². The number of aromatic nitrogens is 2. The maximum atomic E-state index is 13.1. The van der Waals surface area contributed by atoms with Crippen LogP contribution in [0.2, 0.25) is 0 Å². The Labute approximate surface area is 117 Å². The summed E-state index contributed by atoms with van der Waals surface area (Å²) in [6.07, 6.45) is 14.2. The van der Waals surface area contributed by atoms with Crippen LogP contribution in [0.4, 0.5) is 4.39 Å². The fourth-order valence-corrected chi connectivity index (χ4v) is 2.64. The number of hydrogen-bond donors (Lipinski definition) is 0. The van der Waals surface area contributed by atoms with E-state index in [-0.39, 0.29) is 11.5 Å². The Morgan fingerprint density at radius 3 is 2.26 bits per heavy atom. The van der Waals surface area contributed by atoms with Crippen LogP contribution in [0.25, 0.3) is 0 Å². The molecular weight excluding hydrogens is 239 g/mol. The van der Waals surface area contributed by atoms with Crippen LogP contribution in [0, 0.1) is 5.95 Å². The molecule has 1 atom stereocenters. The summed E-state index contributed by atoms with van der Waals surface area (Å²) in [7, 11) is 0. The second kappa shape index (κ2) is 8.34. The summed E-state index contributed by atoms with van der Waals surface area (Å²) in [5.41, 5.74) is 0.0273. The Balaban J connectivity index is 2.54. The number of rotatable bonds is 10. The number of nitrogens with zero attached hydrogens (tertiary/aromatic N) is 2. The molecule has 0 fully saturated rings. The average Bonchev–Trinajstić information content (AvgIpc) is 2.83. The van der Waals surface area contributed by atoms with Gasteiger partial charge in [0.15, 0.2) is 0 Å². The van der Waals surface area contributed by atoms with E-state index in [2.05, 4.69) is 25.8 Å². The second-order valence-electron chi connectivity index (χ2n) is 5.87. The molecule has 0 saturated heterocycles. The van der Waals surface area contributed by atoms with Gasteiger partial charge in [-0.25, -0.2) is 4.98 Å². The molecule has 2 nitrogen and oxygen atoms in total. The molecule has 19 heavy (non-hydrogen) atoms. The van der Waals surface area contributed by atoms with Crippen molar-refractivity contribution in [2.24, 2.45) is 0 Å². The van der Waals surface area contributed by atoms with Crippen molar-refractivity contribution in [3.8, 4) is 0 Å². The molecule has 1 rings (SSSR count). The van der Waals surface area contributed by atoms with Crippen molar-refractivity contribution in [3.63, 3.8) is 0 Å². The third-order valence-corrected chi connectivity index (χ3v) is 4.06. The topological polar surface area (TPSA) is 17.8 Å². The normalized spacial score (nSPS) is 14.5. The van der Waals surface area contributed by atoms with Gasteiger partial charge >= 0.3 is 0 Å². The van der Waals surface area contributed by atoms with Crippen LogP contribution < -0.4 is 0 Å². The molecule has 1 heterocycles. The van der Waals surface area contributed by atoms with Gasteiger partial charge in [-0.2, -0.15) is 4.39 Å². The molecule has 110 valence electrons. The Morgan fingerprint density at radius 2 is 1.68 bits per heavy atom. The Kier molecular flexibility index (Phi) is 7.11. The third kappa shape index (κ3) is 5.33. The second-order valence-corrected chi connectivity index (χ2v) is 5.87. The maximum absolute atomic E-state index is 13.1. The van der Waals surface area contributed by atoms with E-state index in [0.29, 0.717) is 0 Å². The summed E-state index contributed by atoms with van der Waals surface area (Å²) in [4.78, 5) is 3.74. The van der Waals surface area contributed by atoms with Gasteiger partial charge in [0, 0.05) is 5.54 Å². The van der Waals surface area contributed by atoms with Crippen molar-refractivity contribution in [3.05, 3.63) is 18.5 Å². The first-order valence-corrected chi connectivity index (χ1v) is 7.82. The molecule has 3 heteroatoms. The van der Waals surface area contributed by atoms with Crippen molar-refractivity contribution in [2.45, 2.75) is 84.1 Å². The molecule has 0 bridgehead atoms. The molecule has 0 aliphatic rings. The smallest absolute Gasteiger partial charge is 0.230 e. The summed E-state index contributed by atoms with van der Waals surface area (Å²) in [5.74, 6) is -0.367. The van der Waals surface area contributed by atoms with Crippen molar-refractivity contribution in [2.75, 3.05) is 0 Å². The average molecular weight is 268 g/mol. The Morgan fingerprint density at radius 1 is 1.05 bits per heavy atom. The van der Waals surface area contributed by atoms with Crippen molar-refractivity contribution in [1.82, 2.24) is 9.55 Å².